The molecule has 0 aliphatic rings. The zero-order chi connectivity index (χ0) is 14.4. The van der Waals surface area contributed by atoms with Gasteiger partial charge in [0.2, 0.25) is 5.91 Å². The molecule has 0 fully saturated rings. The van der Waals surface area contributed by atoms with Gasteiger partial charge in [-0.05, 0) is 32.0 Å². The number of hydrogen-bond donors (Lipinski definition) is 1. The SMILES string of the molecule is CCN(CC)C(=O)CNC(=O)c1ccc(Br)cc1F. The number of hydrogen-bond acceptors (Lipinski definition) is 2. The molecule has 0 bridgehead atoms. The van der Waals surface area contributed by atoms with Crippen molar-refractivity contribution in [1.82, 2.24) is 10.2 Å². The van der Waals surface area contributed by atoms with Gasteiger partial charge in [-0.3, -0.25) is 9.59 Å². The lowest BCUT2D eigenvalue weighted by Crippen LogP contribution is -2.40. The third-order valence-corrected chi connectivity index (χ3v) is 3.19. The summed E-state index contributed by atoms with van der Waals surface area (Å²) in [6.45, 7) is 4.75. The highest BCUT2D eigenvalue weighted by Crippen LogP contribution is 2.15. The number of benzene rings is 1. The van der Waals surface area contributed by atoms with Gasteiger partial charge in [0.15, 0.2) is 0 Å². The molecule has 0 aromatic heterocycles. The van der Waals surface area contributed by atoms with E-state index in [1.165, 1.54) is 12.1 Å². The van der Waals surface area contributed by atoms with Crippen LogP contribution in [0.25, 0.3) is 0 Å². The Kier molecular flexibility index (Phi) is 5.95. The van der Waals surface area contributed by atoms with Crippen LogP contribution in [0, 0.1) is 5.82 Å². The lowest BCUT2D eigenvalue weighted by atomic mass is 10.2. The molecule has 0 aliphatic heterocycles. The summed E-state index contributed by atoms with van der Waals surface area (Å²) in [6.07, 6.45) is 0. The molecular formula is C13H16BrFN2O2. The average Bonchev–Trinajstić information content (AvgIpc) is 2.37. The summed E-state index contributed by atoms with van der Waals surface area (Å²) in [6, 6.07) is 4.15. The van der Waals surface area contributed by atoms with Crippen LogP contribution in [0.5, 0.6) is 0 Å². The van der Waals surface area contributed by atoms with E-state index in [4.69, 9.17) is 0 Å². The van der Waals surface area contributed by atoms with Crippen molar-refractivity contribution < 1.29 is 14.0 Å². The Bertz CT molecular complexity index is 476. The summed E-state index contributed by atoms with van der Waals surface area (Å²) in [7, 11) is 0. The molecule has 19 heavy (non-hydrogen) atoms. The van der Waals surface area contributed by atoms with Crippen LogP contribution >= 0.6 is 15.9 Å². The minimum absolute atomic E-state index is 0.0736. The summed E-state index contributed by atoms with van der Waals surface area (Å²) in [5.74, 6) is -1.40. The molecule has 1 aromatic rings. The van der Waals surface area contributed by atoms with Crippen LogP contribution in [0.3, 0.4) is 0 Å². The van der Waals surface area contributed by atoms with Crippen LogP contribution < -0.4 is 5.32 Å². The number of halogens is 2. The van der Waals surface area contributed by atoms with Crippen molar-refractivity contribution in [3.63, 3.8) is 0 Å². The largest absolute Gasteiger partial charge is 0.343 e. The number of amides is 2. The van der Waals surface area contributed by atoms with Gasteiger partial charge < -0.3 is 10.2 Å². The zero-order valence-corrected chi connectivity index (χ0v) is 12.5. The molecule has 1 aromatic carbocycles. The van der Waals surface area contributed by atoms with Crippen molar-refractivity contribution >= 4 is 27.7 Å². The van der Waals surface area contributed by atoms with Crippen molar-refractivity contribution in [3.05, 3.63) is 34.1 Å². The van der Waals surface area contributed by atoms with Crippen molar-refractivity contribution in [3.8, 4) is 0 Å². The van der Waals surface area contributed by atoms with Crippen LogP contribution in [-0.2, 0) is 4.79 Å². The van der Waals surface area contributed by atoms with Gasteiger partial charge in [0.1, 0.15) is 5.82 Å². The van der Waals surface area contributed by atoms with Crippen molar-refractivity contribution in [2.24, 2.45) is 0 Å². The summed E-state index contributed by atoms with van der Waals surface area (Å²) in [5.41, 5.74) is -0.0736. The number of carbonyl (C=O) groups excluding carboxylic acids is 2. The topological polar surface area (TPSA) is 49.4 Å². The first-order chi connectivity index (χ1) is 8.99. The summed E-state index contributed by atoms with van der Waals surface area (Å²) in [4.78, 5) is 25.0. The molecule has 0 spiro atoms. The van der Waals surface area contributed by atoms with Crippen LogP contribution in [0.15, 0.2) is 22.7 Å². The second-order valence-corrected chi connectivity index (χ2v) is 4.79. The standard InChI is InChI=1S/C13H16BrFN2O2/c1-3-17(4-2)12(18)8-16-13(19)10-6-5-9(14)7-11(10)15/h5-7H,3-4,8H2,1-2H3,(H,16,19). The number of carbonyl (C=O) groups is 2. The van der Waals surface area contributed by atoms with E-state index in [1.807, 2.05) is 13.8 Å². The Hall–Kier alpha value is -1.43. The van der Waals surface area contributed by atoms with Gasteiger partial charge >= 0.3 is 0 Å². The molecule has 1 N–H and O–H groups in total. The molecule has 1 rings (SSSR count). The normalized spacial score (nSPS) is 10.1. The first kappa shape index (κ1) is 15.6. The monoisotopic (exact) mass is 330 g/mol. The summed E-state index contributed by atoms with van der Waals surface area (Å²) >= 11 is 3.11. The lowest BCUT2D eigenvalue weighted by molar-refractivity contribution is -0.129. The van der Waals surface area contributed by atoms with Crippen molar-refractivity contribution in [1.29, 1.82) is 0 Å². The predicted octanol–water partition coefficient (Wildman–Crippen LogP) is 2.19. The van der Waals surface area contributed by atoms with Gasteiger partial charge in [-0.15, -0.1) is 0 Å². The van der Waals surface area contributed by atoms with E-state index in [-0.39, 0.29) is 18.0 Å². The predicted molar refractivity (Wildman–Crippen MR) is 74.4 cm³/mol. The van der Waals surface area contributed by atoms with Crippen molar-refractivity contribution in [2.75, 3.05) is 19.6 Å². The highest BCUT2D eigenvalue weighted by Gasteiger charge is 2.15. The Morgan fingerprint density at radius 2 is 1.95 bits per heavy atom. The van der Waals surface area contributed by atoms with Crippen LogP contribution in [-0.4, -0.2) is 36.3 Å². The smallest absolute Gasteiger partial charge is 0.254 e. The fourth-order valence-electron chi connectivity index (χ4n) is 1.61. The molecule has 0 unspecified atom stereocenters. The second-order valence-electron chi connectivity index (χ2n) is 3.87. The first-order valence-electron chi connectivity index (χ1n) is 6.00. The van der Waals surface area contributed by atoms with Crippen LogP contribution in [0.2, 0.25) is 0 Å². The van der Waals surface area contributed by atoms with E-state index in [1.54, 1.807) is 11.0 Å². The van der Waals surface area contributed by atoms with Gasteiger partial charge in [0.25, 0.3) is 5.91 Å². The second kappa shape index (κ2) is 7.23. The van der Waals surface area contributed by atoms with E-state index in [0.717, 1.165) is 0 Å². The fraction of sp³-hybridized carbons (Fsp3) is 0.385. The Morgan fingerprint density at radius 1 is 1.32 bits per heavy atom. The first-order valence-corrected chi connectivity index (χ1v) is 6.79. The number of rotatable bonds is 5. The molecule has 0 saturated carbocycles. The maximum Gasteiger partial charge on any atom is 0.254 e. The average molecular weight is 331 g/mol. The molecule has 0 saturated heterocycles. The van der Waals surface area contributed by atoms with Gasteiger partial charge in [-0.1, -0.05) is 15.9 Å². The van der Waals surface area contributed by atoms with E-state index in [0.29, 0.717) is 17.6 Å². The van der Waals surface area contributed by atoms with Crippen LogP contribution in [0.4, 0.5) is 4.39 Å². The molecule has 2 amide bonds. The van der Waals surface area contributed by atoms with E-state index in [9.17, 15) is 14.0 Å². The lowest BCUT2D eigenvalue weighted by Gasteiger charge is -2.18. The van der Waals surface area contributed by atoms with Gasteiger partial charge in [0, 0.05) is 17.6 Å². The highest BCUT2D eigenvalue weighted by atomic mass is 79.9. The molecule has 6 heteroatoms. The molecule has 4 nitrogen and oxygen atoms in total. The minimum Gasteiger partial charge on any atom is -0.343 e. The maximum atomic E-state index is 13.5. The Balaban J connectivity index is 2.63. The number of nitrogens with one attached hydrogen (secondary N) is 1. The fourth-order valence-corrected chi connectivity index (χ4v) is 1.95. The number of nitrogens with zero attached hydrogens (tertiary/aromatic N) is 1. The quantitative estimate of drug-likeness (QED) is 0.899. The third-order valence-electron chi connectivity index (χ3n) is 2.69. The van der Waals surface area contributed by atoms with Crippen molar-refractivity contribution in [2.45, 2.75) is 13.8 Å². The zero-order valence-electron chi connectivity index (χ0n) is 10.9. The van der Waals surface area contributed by atoms with E-state index < -0.39 is 11.7 Å². The van der Waals surface area contributed by atoms with Gasteiger partial charge in [-0.25, -0.2) is 4.39 Å². The molecule has 0 aliphatic carbocycles. The highest BCUT2D eigenvalue weighted by molar-refractivity contribution is 9.10. The third kappa shape index (κ3) is 4.31. The molecule has 0 atom stereocenters. The molecular weight excluding hydrogens is 315 g/mol. The Morgan fingerprint density at radius 3 is 2.47 bits per heavy atom. The molecule has 0 radical (unpaired) electrons. The van der Waals surface area contributed by atoms with Gasteiger partial charge in [-0.2, -0.15) is 0 Å². The molecule has 0 heterocycles. The minimum atomic E-state index is -0.623. The van der Waals surface area contributed by atoms with Crippen LogP contribution in [0.1, 0.15) is 24.2 Å². The van der Waals surface area contributed by atoms with E-state index in [2.05, 4.69) is 21.2 Å². The summed E-state index contributed by atoms with van der Waals surface area (Å²) < 4.78 is 14.1. The molecule has 104 valence electrons. The maximum absolute atomic E-state index is 13.5. The van der Waals surface area contributed by atoms with E-state index >= 15 is 0 Å². The number of likely N-dealkylation sites (N-methyl/N-ethyl adjacent to an activating group) is 1. The van der Waals surface area contributed by atoms with Gasteiger partial charge in [0.05, 0.1) is 12.1 Å². The summed E-state index contributed by atoms with van der Waals surface area (Å²) in [5, 5.41) is 2.42. The Labute approximate surface area is 120 Å².